The van der Waals surface area contributed by atoms with Gasteiger partial charge in [-0.1, -0.05) is 17.7 Å². The van der Waals surface area contributed by atoms with Crippen LogP contribution in [0.1, 0.15) is 24.5 Å². The predicted octanol–water partition coefficient (Wildman–Crippen LogP) is 3.56. The van der Waals surface area contributed by atoms with E-state index in [9.17, 15) is 4.21 Å². The van der Waals surface area contributed by atoms with E-state index in [-0.39, 0.29) is 6.04 Å². The Bertz CT molecular complexity index is 667. The van der Waals surface area contributed by atoms with E-state index in [0.717, 1.165) is 23.3 Å². The summed E-state index contributed by atoms with van der Waals surface area (Å²) >= 11 is 6.12. The fourth-order valence-corrected chi connectivity index (χ4v) is 3.08. The second kappa shape index (κ2) is 9.77. The third kappa shape index (κ3) is 6.59. The lowest BCUT2D eigenvalue weighted by atomic mass is 10.1. The van der Waals surface area contributed by atoms with E-state index in [1.807, 2.05) is 30.3 Å². The van der Waals surface area contributed by atoms with Gasteiger partial charge in [0.2, 0.25) is 0 Å². The van der Waals surface area contributed by atoms with Gasteiger partial charge >= 0.3 is 0 Å². The van der Waals surface area contributed by atoms with Crippen molar-refractivity contribution in [3.8, 4) is 5.75 Å². The first-order valence-corrected chi connectivity index (χ1v) is 9.98. The maximum absolute atomic E-state index is 11.2. The minimum Gasteiger partial charge on any atom is -0.489 e. The Morgan fingerprint density at radius 1 is 1.38 bits per heavy atom. The molecule has 2 aromatic rings. The number of nitrogens with one attached hydrogen (secondary N) is 1. The standard InChI is InChI=1S/C18H23ClN2O2S/c1-14(7-9-24(2)22)21-12-16-10-17(19)5-6-18(16)23-13-15-4-3-8-20-11-15/h3-6,8,10-11,14,21H,7,9,12-13H2,1-2H3/t14-,24+/m0/s1. The lowest BCUT2D eigenvalue weighted by Crippen LogP contribution is -2.27. The van der Waals surface area contributed by atoms with E-state index in [4.69, 9.17) is 16.3 Å². The third-order valence-corrected chi connectivity index (χ3v) is 4.66. The molecule has 130 valence electrons. The first kappa shape index (κ1) is 18.9. The van der Waals surface area contributed by atoms with Crippen LogP contribution in [0.2, 0.25) is 5.02 Å². The van der Waals surface area contributed by atoms with Gasteiger partial charge in [0, 0.05) is 63.9 Å². The highest BCUT2D eigenvalue weighted by molar-refractivity contribution is 7.84. The smallest absolute Gasteiger partial charge is 0.124 e. The Morgan fingerprint density at radius 2 is 2.21 bits per heavy atom. The minimum atomic E-state index is -0.758. The zero-order chi connectivity index (χ0) is 17.4. The molecule has 1 N–H and O–H groups in total. The van der Waals surface area contributed by atoms with Crippen LogP contribution < -0.4 is 10.1 Å². The van der Waals surface area contributed by atoms with Gasteiger partial charge in [0.05, 0.1) is 0 Å². The maximum Gasteiger partial charge on any atom is 0.124 e. The van der Waals surface area contributed by atoms with E-state index in [1.165, 1.54) is 0 Å². The number of hydrogen-bond acceptors (Lipinski definition) is 4. The lowest BCUT2D eigenvalue weighted by molar-refractivity contribution is 0.301. The number of hydrogen-bond donors (Lipinski definition) is 1. The van der Waals surface area contributed by atoms with Crippen LogP contribution in [0.5, 0.6) is 5.75 Å². The molecule has 24 heavy (non-hydrogen) atoms. The van der Waals surface area contributed by atoms with E-state index >= 15 is 0 Å². The Morgan fingerprint density at radius 3 is 2.92 bits per heavy atom. The molecule has 0 saturated carbocycles. The fraction of sp³-hybridized carbons (Fsp3) is 0.389. The first-order valence-electron chi connectivity index (χ1n) is 7.88. The summed E-state index contributed by atoms with van der Waals surface area (Å²) in [6.07, 6.45) is 6.14. The van der Waals surface area contributed by atoms with Gasteiger partial charge in [-0.3, -0.25) is 9.19 Å². The molecule has 0 unspecified atom stereocenters. The summed E-state index contributed by atoms with van der Waals surface area (Å²) in [5, 5.41) is 4.12. The van der Waals surface area contributed by atoms with Crippen LogP contribution in [0.3, 0.4) is 0 Å². The van der Waals surface area contributed by atoms with Gasteiger partial charge in [-0.05, 0) is 37.6 Å². The number of aromatic nitrogens is 1. The van der Waals surface area contributed by atoms with Crippen molar-refractivity contribution in [1.29, 1.82) is 0 Å². The van der Waals surface area contributed by atoms with Crippen molar-refractivity contribution in [2.24, 2.45) is 0 Å². The average molecular weight is 367 g/mol. The second-order valence-corrected chi connectivity index (χ2v) is 7.74. The van der Waals surface area contributed by atoms with Gasteiger partial charge < -0.3 is 10.1 Å². The Balaban J connectivity index is 1.95. The summed E-state index contributed by atoms with van der Waals surface area (Å²) in [5.74, 6) is 1.51. The normalized spacial score (nSPS) is 13.5. The van der Waals surface area contributed by atoms with Crippen molar-refractivity contribution in [2.75, 3.05) is 12.0 Å². The Labute approximate surface area is 151 Å². The molecule has 0 fully saturated rings. The van der Waals surface area contributed by atoms with Gasteiger partial charge in [-0.2, -0.15) is 0 Å². The van der Waals surface area contributed by atoms with Crippen LogP contribution >= 0.6 is 11.6 Å². The van der Waals surface area contributed by atoms with Crippen LogP contribution in [0.15, 0.2) is 42.7 Å². The number of halogens is 1. The van der Waals surface area contributed by atoms with Crippen molar-refractivity contribution >= 4 is 22.4 Å². The molecule has 0 saturated heterocycles. The van der Waals surface area contributed by atoms with Crippen molar-refractivity contribution in [1.82, 2.24) is 10.3 Å². The fourth-order valence-electron chi connectivity index (χ4n) is 2.20. The van der Waals surface area contributed by atoms with Crippen molar-refractivity contribution < 1.29 is 8.95 Å². The van der Waals surface area contributed by atoms with E-state index in [0.29, 0.717) is 23.9 Å². The van der Waals surface area contributed by atoms with Crippen LogP contribution in [0.4, 0.5) is 0 Å². The van der Waals surface area contributed by atoms with Crippen LogP contribution in [-0.2, 0) is 24.0 Å². The first-order chi connectivity index (χ1) is 11.5. The van der Waals surface area contributed by atoms with Crippen molar-refractivity contribution in [3.05, 3.63) is 58.9 Å². The van der Waals surface area contributed by atoms with E-state index < -0.39 is 10.8 Å². The zero-order valence-electron chi connectivity index (χ0n) is 14.0. The molecule has 2 rings (SSSR count). The number of ether oxygens (including phenoxy) is 1. The molecule has 0 amide bonds. The van der Waals surface area contributed by atoms with Crippen LogP contribution in [0.25, 0.3) is 0 Å². The zero-order valence-corrected chi connectivity index (χ0v) is 15.6. The molecule has 0 aliphatic carbocycles. The minimum absolute atomic E-state index is 0.277. The molecule has 2 atom stereocenters. The number of rotatable bonds is 9. The van der Waals surface area contributed by atoms with Gasteiger partial charge in [0.1, 0.15) is 12.4 Å². The van der Waals surface area contributed by atoms with Gasteiger partial charge in [0.15, 0.2) is 0 Å². The molecule has 1 heterocycles. The summed E-state index contributed by atoms with van der Waals surface area (Å²) < 4.78 is 17.1. The largest absolute Gasteiger partial charge is 0.489 e. The summed E-state index contributed by atoms with van der Waals surface area (Å²) in [6.45, 7) is 3.21. The van der Waals surface area contributed by atoms with Crippen molar-refractivity contribution in [3.63, 3.8) is 0 Å². The molecule has 0 bridgehead atoms. The molecular formula is C18H23ClN2O2S. The molecule has 0 aliphatic rings. The highest BCUT2D eigenvalue weighted by Crippen LogP contribution is 2.24. The number of nitrogens with zero attached hydrogens (tertiary/aromatic N) is 1. The summed E-state index contributed by atoms with van der Waals surface area (Å²) in [5.41, 5.74) is 2.03. The topological polar surface area (TPSA) is 51.2 Å². The Hall–Kier alpha value is -1.43. The average Bonchev–Trinajstić information content (AvgIpc) is 2.58. The maximum atomic E-state index is 11.2. The van der Waals surface area contributed by atoms with E-state index in [2.05, 4.69) is 17.2 Å². The molecule has 1 aromatic heterocycles. The molecule has 0 aliphatic heterocycles. The van der Waals surface area contributed by atoms with Gasteiger partial charge in [-0.15, -0.1) is 0 Å². The lowest BCUT2D eigenvalue weighted by Gasteiger charge is -2.16. The summed E-state index contributed by atoms with van der Waals surface area (Å²) in [7, 11) is -0.758. The SMILES string of the molecule is C[C@@H](CC[S@@](C)=O)NCc1cc(Cl)ccc1OCc1cccnc1. The molecule has 6 heteroatoms. The number of pyridine rings is 1. The van der Waals surface area contributed by atoms with Gasteiger partial charge in [-0.25, -0.2) is 0 Å². The molecule has 0 radical (unpaired) electrons. The molecule has 0 spiro atoms. The third-order valence-electron chi connectivity index (χ3n) is 3.62. The van der Waals surface area contributed by atoms with Crippen molar-refractivity contribution in [2.45, 2.75) is 32.5 Å². The quantitative estimate of drug-likeness (QED) is 0.737. The summed E-state index contributed by atoms with van der Waals surface area (Å²) in [4.78, 5) is 4.09. The highest BCUT2D eigenvalue weighted by atomic mass is 35.5. The monoisotopic (exact) mass is 366 g/mol. The number of benzene rings is 1. The highest BCUT2D eigenvalue weighted by Gasteiger charge is 2.08. The second-order valence-electron chi connectivity index (χ2n) is 5.75. The predicted molar refractivity (Wildman–Crippen MR) is 99.9 cm³/mol. The molecular weight excluding hydrogens is 344 g/mol. The van der Waals surface area contributed by atoms with E-state index in [1.54, 1.807) is 18.6 Å². The van der Waals surface area contributed by atoms with Gasteiger partial charge in [0.25, 0.3) is 0 Å². The molecule has 1 aromatic carbocycles. The van der Waals surface area contributed by atoms with Crippen LogP contribution in [0, 0.1) is 0 Å². The molecule has 4 nitrogen and oxygen atoms in total. The van der Waals surface area contributed by atoms with Crippen LogP contribution in [-0.4, -0.2) is 27.2 Å². The summed E-state index contributed by atoms with van der Waals surface area (Å²) in [6, 6.07) is 9.78. The Kier molecular flexibility index (Phi) is 7.69.